The Morgan fingerprint density at radius 3 is 2.31 bits per heavy atom. The van der Waals surface area contributed by atoms with Gasteiger partial charge >= 0.3 is 0 Å². The highest BCUT2D eigenvalue weighted by Gasteiger charge is 2.06. The molecule has 0 saturated carbocycles. The lowest BCUT2D eigenvalue weighted by Crippen LogP contribution is -2.11. The van der Waals surface area contributed by atoms with E-state index in [4.69, 9.17) is 0 Å². The van der Waals surface area contributed by atoms with Gasteiger partial charge in [-0.3, -0.25) is 4.79 Å². The first-order valence-corrected chi connectivity index (χ1v) is 10.1. The van der Waals surface area contributed by atoms with Gasteiger partial charge in [0.1, 0.15) is 0 Å². The number of anilines is 3. The van der Waals surface area contributed by atoms with Gasteiger partial charge in [-0.25, -0.2) is 4.68 Å². The van der Waals surface area contributed by atoms with Gasteiger partial charge in [0.15, 0.2) is 11.6 Å². The lowest BCUT2D eigenvalue weighted by Gasteiger charge is -2.09. The predicted octanol–water partition coefficient (Wildman–Crippen LogP) is 4.38. The van der Waals surface area contributed by atoms with E-state index in [0.29, 0.717) is 17.2 Å². The zero-order valence-corrected chi connectivity index (χ0v) is 16.4. The van der Waals surface area contributed by atoms with Gasteiger partial charge in [0, 0.05) is 34.2 Å². The standard InChI is InChI=1S/C21H18N6OS/c1-29-18-9-3-15(4-10-18)21(28)24-17-7-5-16(6-8-17)23-19-11-12-20(26-25-19)27-14-2-13-22-27/h2-14H,1H3,(H,23,25)(H,24,28). The fraction of sp³-hybridized carbons (Fsp3) is 0.0476. The van der Waals surface area contributed by atoms with E-state index in [1.54, 1.807) is 28.8 Å². The predicted molar refractivity (Wildman–Crippen MR) is 115 cm³/mol. The van der Waals surface area contributed by atoms with Crippen LogP contribution in [0.2, 0.25) is 0 Å². The van der Waals surface area contributed by atoms with Crippen LogP contribution in [0.4, 0.5) is 17.2 Å². The minimum absolute atomic E-state index is 0.140. The molecule has 0 aliphatic heterocycles. The maximum atomic E-state index is 12.4. The molecule has 2 N–H and O–H groups in total. The molecule has 2 aromatic heterocycles. The Balaban J connectivity index is 1.38. The summed E-state index contributed by atoms with van der Waals surface area (Å²) in [5, 5.41) is 18.5. The molecule has 144 valence electrons. The Morgan fingerprint density at radius 1 is 0.931 bits per heavy atom. The number of carbonyl (C=O) groups is 1. The largest absolute Gasteiger partial charge is 0.339 e. The molecule has 2 aromatic carbocycles. The lowest BCUT2D eigenvalue weighted by molar-refractivity contribution is 0.102. The van der Waals surface area contributed by atoms with E-state index >= 15 is 0 Å². The van der Waals surface area contributed by atoms with Crippen molar-refractivity contribution in [2.24, 2.45) is 0 Å². The number of nitrogens with zero attached hydrogens (tertiary/aromatic N) is 4. The molecule has 1 amide bonds. The average Bonchev–Trinajstić information content (AvgIpc) is 3.31. The van der Waals surface area contributed by atoms with Crippen molar-refractivity contribution in [2.45, 2.75) is 4.90 Å². The Labute approximate surface area is 172 Å². The summed E-state index contributed by atoms with van der Waals surface area (Å²) in [6, 6.07) is 20.4. The number of carbonyl (C=O) groups excluding carboxylic acids is 1. The maximum absolute atomic E-state index is 12.4. The van der Waals surface area contributed by atoms with Crippen LogP contribution in [0, 0.1) is 0 Å². The summed E-state index contributed by atoms with van der Waals surface area (Å²) in [5.41, 5.74) is 2.18. The highest BCUT2D eigenvalue weighted by molar-refractivity contribution is 7.98. The Morgan fingerprint density at radius 2 is 1.69 bits per heavy atom. The Bertz CT molecular complexity index is 1080. The second-order valence-electron chi connectivity index (χ2n) is 6.11. The molecule has 0 bridgehead atoms. The fourth-order valence-corrected chi connectivity index (χ4v) is 3.06. The molecule has 4 aromatic rings. The number of hydrogen-bond donors (Lipinski definition) is 2. The number of benzene rings is 2. The third kappa shape index (κ3) is 4.61. The van der Waals surface area contributed by atoms with Crippen LogP contribution >= 0.6 is 11.8 Å². The van der Waals surface area contributed by atoms with E-state index in [1.807, 2.05) is 73.0 Å². The van der Waals surface area contributed by atoms with Crippen LogP contribution in [-0.2, 0) is 0 Å². The maximum Gasteiger partial charge on any atom is 0.255 e. The van der Waals surface area contributed by atoms with Crippen molar-refractivity contribution in [1.82, 2.24) is 20.0 Å². The van der Waals surface area contributed by atoms with Gasteiger partial charge < -0.3 is 10.6 Å². The Kier molecular flexibility index (Phi) is 5.53. The molecule has 8 heteroatoms. The van der Waals surface area contributed by atoms with Gasteiger partial charge in [0.25, 0.3) is 5.91 Å². The SMILES string of the molecule is CSc1ccc(C(=O)Nc2ccc(Nc3ccc(-n4cccn4)nn3)cc2)cc1. The van der Waals surface area contributed by atoms with Crippen LogP contribution in [0.15, 0.2) is 84.0 Å². The van der Waals surface area contributed by atoms with Crippen molar-refractivity contribution in [1.29, 1.82) is 0 Å². The van der Waals surface area contributed by atoms with Crippen LogP contribution in [0.5, 0.6) is 0 Å². The molecular weight excluding hydrogens is 384 g/mol. The summed E-state index contributed by atoms with van der Waals surface area (Å²) in [6.07, 6.45) is 5.50. The number of nitrogens with one attached hydrogen (secondary N) is 2. The van der Waals surface area contributed by atoms with E-state index in [2.05, 4.69) is 25.9 Å². The molecule has 7 nitrogen and oxygen atoms in total. The quantitative estimate of drug-likeness (QED) is 0.466. The van der Waals surface area contributed by atoms with Crippen molar-refractivity contribution < 1.29 is 4.79 Å². The van der Waals surface area contributed by atoms with Gasteiger partial charge in [-0.1, -0.05) is 0 Å². The van der Waals surface area contributed by atoms with Gasteiger partial charge in [-0.15, -0.1) is 22.0 Å². The fourth-order valence-electron chi connectivity index (χ4n) is 2.65. The monoisotopic (exact) mass is 402 g/mol. The van der Waals surface area contributed by atoms with E-state index in [-0.39, 0.29) is 5.91 Å². The van der Waals surface area contributed by atoms with Crippen molar-refractivity contribution >= 4 is 34.9 Å². The van der Waals surface area contributed by atoms with Crippen molar-refractivity contribution in [2.75, 3.05) is 16.9 Å². The number of amides is 1. The van der Waals surface area contributed by atoms with Crippen molar-refractivity contribution in [3.05, 3.63) is 84.7 Å². The summed E-state index contributed by atoms with van der Waals surface area (Å²) < 4.78 is 1.64. The highest BCUT2D eigenvalue weighted by Crippen LogP contribution is 2.19. The summed E-state index contributed by atoms with van der Waals surface area (Å²) in [5.74, 6) is 1.12. The molecule has 4 rings (SSSR count). The minimum Gasteiger partial charge on any atom is -0.339 e. The van der Waals surface area contributed by atoms with Crippen molar-refractivity contribution in [3.63, 3.8) is 0 Å². The van der Waals surface area contributed by atoms with Crippen molar-refractivity contribution in [3.8, 4) is 5.82 Å². The Hall–Kier alpha value is -3.65. The number of rotatable bonds is 6. The molecular formula is C21H18N6OS. The molecule has 0 radical (unpaired) electrons. The number of hydrogen-bond acceptors (Lipinski definition) is 6. The summed E-state index contributed by atoms with van der Waals surface area (Å²) in [7, 11) is 0. The van der Waals surface area contributed by atoms with Crippen LogP contribution in [0.25, 0.3) is 5.82 Å². The second-order valence-corrected chi connectivity index (χ2v) is 6.99. The second kappa shape index (κ2) is 8.57. The van der Waals surface area contributed by atoms with Crippen LogP contribution < -0.4 is 10.6 Å². The summed E-state index contributed by atoms with van der Waals surface area (Å²) >= 11 is 1.64. The normalized spacial score (nSPS) is 10.5. The van der Waals surface area contributed by atoms with Gasteiger partial charge in [0.05, 0.1) is 0 Å². The summed E-state index contributed by atoms with van der Waals surface area (Å²) in [4.78, 5) is 13.5. The minimum atomic E-state index is -0.140. The van der Waals surface area contributed by atoms with Crippen LogP contribution in [-0.4, -0.2) is 32.1 Å². The van der Waals surface area contributed by atoms with E-state index in [0.717, 1.165) is 16.3 Å². The van der Waals surface area contributed by atoms with Crippen LogP contribution in [0.3, 0.4) is 0 Å². The van der Waals surface area contributed by atoms with E-state index < -0.39 is 0 Å². The molecule has 0 aliphatic rings. The molecule has 0 unspecified atom stereocenters. The molecule has 0 aliphatic carbocycles. The lowest BCUT2D eigenvalue weighted by atomic mass is 10.2. The smallest absolute Gasteiger partial charge is 0.255 e. The third-order valence-corrected chi connectivity index (χ3v) is 4.90. The molecule has 0 saturated heterocycles. The number of thioether (sulfide) groups is 1. The summed E-state index contributed by atoms with van der Waals surface area (Å²) in [6.45, 7) is 0. The van der Waals surface area contributed by atoms with E-state index in [1.165, 1.54) is 0 Å². The van der Waals surface area contributed by atoms with Crippen LogP contribution in [0.1, 0.15) is 10.4 Å². The van der Waals surface area contributed by atoms with E-state index in [9.17, 15) is 4.79 Å². The number of aromatic nitrogens is 4. The third-order valence-electron chi connectivity index (χ3n) is 4.16. The topological polar surface area (TPSA) is 84.7 Å². The zero-order valence-electron chi connectivity index (χ0n) is 15.6. The highest BCUT2D eigenvalue weighted by atomic mass is 32.2. The molecule has 0 spiro atoms. The zero-order chi connectivity index (χ0) is 20.1. The average molecular weight is 402 g/mol. The molecule has 0 atom stereocenters. The first kappa shape index (κ1) is 18.7. The first-order chi connectivity index (χ1) is 14.2. The first-order valence-electron chi connectivity index (χ1n) is 8.87. The van der Waals surface area contributed by atoms with Gasteiger partial charge in [-0.05, 0) is 73.0 Å². The molecule has 0 fully saturated rings. The molecule has 29 heavy (non-hydrogen) atoms. The van der Waals surface area contributed by atoms with Gasteiger partial charge in [-0.2, -0.15) is 5.10 Å². The molecule has 2 heterocycles. The van der Waals surface area contributed by atoms with Gasteiger partial charge in [0.2, 0.25) is 0 Å².